The third-order valence-electron chi connectivity index (χ3n) is 5.20. The van der Waals surface area contributed by atoms with Crippen molar-refractivity contribution in [2.75, 3.05) is 13.7 Å². The van der Waals surface area contributed by atoms with Crippen molar-refractivity contribution in [1.29, 1.82) is 0 Å². The smallest absolute Gasteiger partial charge is 0.332 e. The SMILES string of the molecule is CCOc1ccc(-n2c(C)cn3c4c(=O)n(CCC(=O)OC)c(=O)n(C)c4nc23)cc1. The molecule has 0 atom stereocenters. The number of hydrogen-bond donors (Lipinski definition) is 0. The van der Waals surface area contributed by atoms with E-state index in [1.54, 1.807) is 17.6 Å². The Balaban J connectivity index is 1.92. The number of ether oxygens (including phenoxy) is 2. The largest absolute Gasteiger partial charge is 0.494 e. The van der Waals surface area contributed by atoms with E-state index in [-0.39, 0.29) is 24.1 Å². The summed E-state index contributed by atoms with van der Waals surface area (Å²) in [7, 11) is 2.82. The predicted molar refractivity (Wildman–Crippen MR) is 114 cm³/mol. The highest BCUT2D eigenvalue weighted by Crippen LogP contribution is 2.22. The summed E-state index contributed by atoms with van der Waals surface area (Å²) in [4.78, 5) is 42.0. The van der Waals surface area contributed by atoms with Crippen molar-refractivity contribution in [2.45, 2.75) is 26.8 Å². The minimum atomic E-state index is -0.536. The number of aromatic nitrogens is 5. The van der Waals surface area contributed by atoms with Crippen LogP contribution in [0.5, 0.6) is 5.75 Å². The van der Waals surface area contributed by atoms with E-state index in [1.165, 1.54) is 11.7 Å². The summed E-state index contributed by atoms with van der Waals surface area (Å²) >= 11 is 0. The molecule has 1 aromatic carbocycles. The van der Waals surface area contributed by atoms with E-state index in [0.29, 0.717) is 12.4 Å². The molecule has 162 valence electrons. The number of imidazole rings is 2. The quantitative estimate of drug-likeness (QED) is 0.433. The van der Waals surface area contributed by atoms with Gasteiger partial charge in [-0.2, -0.15) is 4.98 Å². The maximum Gasteiger partial charge on any atom is 0.332 e. The number of aryl methyl sites for hydroxylation is 2. The molecule has 4 aromatic rings. The van der Waals surface area contributed by atoms with Crippen molar-refractivity contribution >= 4 is 22.9 Å². The maximum absolute atomic E-state index is 13.2. The Hall–Kier alpha value is -3.82. The zero-order valence-corrected chi connectivity index (χ0v) is 17.8. The van der Waals surface area contributed by atoms with E-state index in [9.17, 15) is 14.4 Å². The zero-order valence-electron chi connectivity index (χ0n) is 17.8. The molecule has 31 heavy (non-hydrogen) atoms. The van der Waals surface area contributed by atoms with Crippen LogP contribution in [0, 0.1) is 6.92 Å². The number of hydrogen-bond acceptors (Lipinski definition) is 6. The average Bonchev–Trinajstić information content (AvgIpc) is 3.27. The molecule has 0 amide bonds. The molecule has 3 heterocycles. The van der Waals surface area contributed by atoms with Crippen molar-refractivity contribution < 1.29 is 14.3 Å². The Bertz CT molecular complexity index is 1400. The van der Waals surface area contributed by atoms with Crippen LogP contribution in [0.3, 0.4) is 0 Å². The summed E-state index contributed by atoms with van der Waals surface area (Å²) in [5.74, 6) is 0.774. The number of fused-ring (bicyclic) bond motifs is 3. The van der Waals surface area contributed by atoms with Crippen LogP contribution < -0.4 is 16.0 Å². The fourth-order valence-electron chi connectivity index (χ4n) is 3.69. The van der Waals surface area contributed by atoms with Crippen LogP contribution in [0.2, 0.25) is 0 Å². The molecule has 10 heteroatoms. The van der Waals surface area contributed by atoms with Gasteiger partial charge in [-0.25, -0.2) is 4.79 Å². The van der Waals surface area contributed by atoms with Gasteiger partial charge in [-0.1, -0.05) is 0 Å². The summed E-state index contributed by atoms with van der Waals surface area (Å²) in [5, 5.41) is 0. The third kappa shape index (κ3) is 3.29. The second-order valence-electron chi connectivity index (χ2n) is 7.11. The zero-order chi connectivity index (χ0) is 22.3. The van der Waals surface area contributed by atoms with Gasteiger partial charge in [0.1, 0.15) is 5.75 Å². The molecule has 0 aliphatic carbocycles. The number of benzene rings is 1. The van der Waals surface area contributed by atoms with Crippen LogP contribution in [-0.4, -0.2) is 42.8 Å². The molecule has 0 spiro atoms. The Morgan fingerprint density at radius 2 is 1.87 bits per heavy atom. The first-order chi connectivity index (χ1) is 14.9. The number of rotatable bonds is 6. The highest BCUT2D eigenvalue weighted by molar-refractivity contribution is 5.76. The van der Waals surface area contributed by atoms with Gasteiger partial charge < -0.3 is 9.47 Å². The van der Waals surface area contributed by atoms with Gasteiger partial charge in [0.15, 0.2) is 11.2 Å². The number of esters is 1. The molecule has 0 radical (unpaired) electrons. The van der Waals surface area contributed by atoms with Crippen molar-refractivity contribution in [3.8, 4) is 11.4 Å². The fraction of sp³-hybridized carbons (Fsp3) is 0.333. The Labute approximate surface area is 176 Å². The second kappa shape index (κ2) is 7.78. The molecular weight excluding hydrogens is 402 g/mol. The van der Waals surface area contributed by atoms with Gasteiger partial charge in [-0.3, -0.25) is 27.7 Å². The molecule has 3 aromatic heterocycles. The van der Waals surface area contributed by atoms with E-state index in [2.05, 4.69) is 9.72 Å². The monoisotopic (exact) mass is 425 g/mol. The van der Waals surface area contributed by atoms with Gasteiger partial charge in [-0.15, -0.1) is 0 Å². The molecule has 0 unspecified atom stereocenters. The van der Waals surface area contributed by atoms with Gasteiger partial charge in [-0.05, 0) is 38.1 Å². The lowest BCUT2D eigenvalue weighted by atomic mass is 10.3. The van der Waals surface area contributed by atoms with Crippen molar-refractivity contribution in [3.05, 3.63) is 57.0 Å². The normalized spacial score (nSPS) is 11.4. The van der Waals surface area contributed by atoms with E-state index < -0.39 is 17.2 Å². The lowest BCUT2D eigenvalue weighted by molar-refractivity contribution is -0.140. The van der Waals surface area contributed by atoms with Crippen LogP contribution in [0.4, 0.5) is 0 Å². The van der Waals surface area contributed by atoms with Gasteiger partial charge in [0, 0.05) is 31.2 Å². The minimum absolute atomic E-state index is 0.0695. The number of carbonyl (C=O) groups is 1. The number of carbonyl (C=O) groups excluding carboxylic acids is 1. The van der Waals surface area contributed by atoms with Crippen LogP contribution in [0.15, 0.2) is 40.1 Å². The second-order valence-corrected chi connectivity index (χ2v) is 7.11. The number of methoxy groups -OCH3 is 1. The highest BCUT2D eigenvalue weighted by atomic mass is 16.5. The lowest BCUT2D eigenvalue weighted by Crippen LogP contribution is -2.39. The summed E-state index contributed by atoms with van der Waals surface area (Å²) < 4.78 is 16.1. The molecule has 0 bridgehead atoms. The average molecular weight is 425 g/mol. The Kier molecular flexibility index (Phi) is 5.14. The number of nitrogens with zero attached hydrogens (tertiary/aromatic N) is 5. The van der Waals surface area contributed by atoms with Gasteiger partial charge in [0.2, 0.25) is 5.78 Å². The van der Waals surface area contributed by atoms with Crippen LogP contribution in [0.1, 0.15) is 19.0 Å². The molecular formula is C21H23N5O5. The Morgan fingerprint density at radius 1 is 1.16 bits per heavy atom. The molecule has 0 saturated heterocycles. The molecule has 0 N–H and O–H groups in total. The summed E-state index contributed by atoms with van der Waals surface area (Å²) in [5.41, 5.74) is 1.23. The molecule has 0 saturated carbocycles. The van der Waals surface area contributed by atoms with Crippen molar-refractivity contribution in [1.82, 2.24) is 23.1 Å². The summed E-state index contributed by atoms with van der Waals surface area (Å²) in [6, 6.07) is 7.55. The highest BCUT2D eigenvalue weighted by Gasteiger charge is 2.21. The van der Waals surface area contributed by atoms with Gasteiger partial charge in [0.05, 0.1) is 20.1 Å². The van der Waals surface area contributed by atoms with Crippen molar-refractivity contribution in [3.63, 3.8) is 0 Å². The van der Waals surface area contributed by atoms with Crippen LogP contribution in [-0.2, 0) is 23.1 Å². The van der Waals surface area contributed by atoms with Crippen LogP contribution in [0.25, 0.3) is 22.6 Å². The molecule has 0 fully saturated rings. The Morgan fingerprint density at radius 3 is 2.52 bits per heavy atom. The third-order valence-corrected chi connectivity index (χ3v) is 5.20. The first kappa shape index (κ1) is 20.5. The van der Waals surface area contributed by atoms with Gasteiger partial charge >= 0.3 is 11.7 Å². The van der Waals surface area contributed by atoms with E-state index in [0.717, 1.165) is 21.7 Å². The molecule has 0 aliphatic rings. The standard InChI is InChI=1S/C21H23N5O5/c1-5-31-15-8-6-14(7-9-15)26-13(2)12-25-17-18(22-20(25)26)23(3)21(29)24(19(17)28)11-10-16(27)30-4/h6-9,12H,5,10-11H2,1-4H3. The summed E-state index contributed by atoms with van der Waals surface area (Å²) in [6.07, 6.45) is 1.73. The first-order valence-corrected chi connectivity index (χ1v) is 9.87. The van der Waals surface area contributed by atoms with Gasteiger partial charge in [0.25, 0.3) is 5.56 Å². The predicted octanol–water partition coefficient (Wildman–Crippen LogP) is 1.41. The molecule has 10 nitrogen and oxygen atoms in total. The van der Waals surface area contributed by atoms with Crippen LogP contribution >= 0.6 is 0 Å². The molecule has 0 aliphatic heterocycles. The molecule has 4 rings (SSSR count). The van der Waals surface area contributed by atoms with E-state index in [4.69, 9.17) is 4.74 Å². The lowest BCUT2D eigenvalue weighted by Gasteiger charge is -2.08. The van der Waals surface area contributed by atoms with Crippen molar-refractivity contribution in [2.24, 2.45) is 7.05 Å². The first-order valence-electron chi connectivity index (χ1n) is 9.87. The van der Waals surface area contributed by atoms with E-state index in [1.807, 2.05) is 42.7 Å². The minimum Gasteiger partial charge on any atom is -0.494 e. The topological polar surface area (TPSA) is 102 Å². The summed E-state index contributed by atoms with van der Waals surface area (Å²) in [6.45, 7) is 4.34. The fourth-order valence-corrected chi connectivity index (χ4v) is 3.69. The van der Waals surface area contributed by atoms with E-state index >= 15 is 0 Å². The maximum atomic E-state index is 13.2.